The Morgan fingerprint density at radius 3 is 1.14 bits per heavy atom. The van der Waals surface area contributed by atoms with Crippen LogP contribution in [-0.2, 0) is 33.2 Å². The predicted octanol–water partition coefficient (Wildman–Crippen LogP) is 10.6. The fourth-order valence-electron chi connectivity index (χ4n) is 11.7. The number of unbranched alkanes of at least 4 members (excludes halogenated alkanes) is 21. The molecule has 3 saturated heterocycles. The van der Waals surface area contributed by atoms with Crippen LogP contribution in [0.1, 0.15) is 232 Å². The van der Waals surface area contributed by atoms with E-state index in [4.69, 9.17) is 28.4 Å². The molecular weight excluding hydrogens is 1210 g/mol. The van der Waals surface area contributed by atoms with Gasteiger partial charge in [-0.1, -0.05) is 252 Å². The van der Waals surface area contributed by atoms with Gasteiger partial charge in [-0.05, 0) is 83.5 Å². The molecule has 1 amide bonds. The Morgan fingerprint density at radius 1 is 0.389 bits per heavy atom. The largest absolute Gasteiger partial charge is 0.394 e. The SMILES string of the molecule is CC/C=C\C/C=C\C/C=C\C/C=C\C/C=C\C/C=C\C/C=C\C/C=C\C/C=C\CCCCCCCCCCCC(=O)NC(COC1OC(CO)C(OC2OC(CO)C(OC3OC(CO)C(O)C(O)C3O)C(O)C2O)C(O)C1O)C(O)CCCCCCCCCCCCCCC. The molecule has 95 heavy (non-hydrogen) atoms. The van der Waals surface area contributed by atoms with E-state index in [1.807, 2.05) is 0 Å². The second-order valence-corrected chi connectivity index (χ2v) is 25.7. The molecule has 17 atom stereocenters. The number of allylic oxidation sites excluding steroid dienone is 18. The van der Waals surface area contributed by atoms with Gasteiger partial charge < -0.3 is 89.9 Å². The molecule has 19 heteroatoms. The minimum atomic E-state index is -1.98. The summed E-state index contributed by atoms with van der Waals surface area (Å²) in [6, 6.07) is -0.897. The highest BCUT2D eigenvalue weighted by Gasteiger charge is 2.53. The summed E-state index contributed by atoms with van der Waals surface area (Å²) in [6.07, 6.45) is 48.9. The lowest BCUT2D eigenvalue weighted by Crippen LogP contribution is -2.66. The second kappa shape index (κ2) is 56.2. The maximum atomic E-state index is 13.4. The Hall–Kier alpha value is -3.55. The third kappa shape index (κ3) is 37.5. The van der Waals surface area contributed by atoms with Crippen LogP contribution in [-0.4, -0.2) is 193 Å². The van der Waals surface area contributed by atoms with E-state index in [2.05, 4.69) is 129 Å². The minimum Gasteiger partial charge on any atom is -0.394 e. The predicted molar refractivity (Wildman–Crippen MR) is 374 cm³/mol. The molecular formula is C76H129NO18. The molecule has 0 spiro atoms. The lowest BCUT2D eigenvalue weighted by molar-refractivity contribution is -0.379. The first-order chi connectivity index (χ1) is 46.3. The first kappa shape index (κ1) is 85.7. The minimum absolute atomic E-state index is 0.252. The van der Waals surface area contributed by atoms with Gasteiger partial charge in [0.2, 0.25) is 5.91 Å². The molecule has 19 nitrogen and oxygen atoms in total. The zero-order chi connectivity index (χ0) is 68.9. The first-order valence-electron chi connectivity index (χ1n) is 36.6. The Bertz CT molecular complexity index is 2140. The van der Waals surface area contributed by atoms with E-state index >= 15 is 0 Å². The van der Waals surface area contributed by atoms with Crippen LogP contribution >= 0.6 is 0 Å². The summed E-state index contributed by atoms with van der Waals surface area (Å²) in [5.74, 6) is -0.254. The van der Waals surface area contributed by atoms with Gasteiger partial charge in [-0.3, -0.25) is 4.79 Å². The topological polar surface area (TPSA) is 307 Å². The number of carbonyl (C=O) groups is 1. The Labute approximate surface area is 570 Å². The van der Waals surface area contributed by atoms with E-state index in [1.54, 1.807) is 0 Å². The van der Waals surface area contributed by atoms with E-state index in [1.165, 1.54) is 83.5 Å². The maximum absolute atomic E-state index is 13.4. The molecule has 0 saturated carbocycles. The number of carbonyl (C=O) groups excluding carboxylic acids is 1. The smallest absolute Gasteiger partial charge is 0.220 e. The van der Waals surface area contributed by atoms with Crippen LogP contribution in [0.25, 0.3) is 0 Å². The normalized spacial score (nSPS) is 27.9. The summed E-state index contributed by atoms with van der Waals surface area (Å²) in [4.78, 5) is 13.4. The molecule has 3 aliphatic rings. The monoisotopic (exact) mass is 1340 g/mol. The van der Waals surface area contributed by atoms with Crippen molar-refractivity contribution in [1.82, 2.24) is 5.32 Å². The van der Waals surface area contributed by atoms with Gasteiger partial charge in [-0.25, -0.2) is 0 Å². The van der Waals surface area contributed by atoms with Gasteiger partial charge in [0.25, 0.3) is 0 Å². The van der Waals surface area contributed by atoms with Gasteiger partial charge in [0.1, 0.15) is 73.2 Å². The Balaban J connectivity index is 1.35. The average molecular weight is 1340 g/mol. The van der Waals surface area contributed by atoms with E-state index in [0.29, 0.717) is 12.8 Å². The van der Waals surface area contributed by atoms with Gasteiger partial charge in [0.05, 0.1) is 38.6 Å². The Kier molecular flexibility index (Phi) is 50.7. The lowest BCUT2D eigenvalue weighted by Gasteiger charge is -2.48. The van der Waals surface area contributed by atoms with Crippen LogP contribution in [0.4, 0.5) is 0 Å². The summed E-state index contributed by atoms with van der Waals surface area (Å²) >= 11 is 0. The van der Waals surface area contributed by atoms with Crippen molar-refractivity contribution in [3.63, 3.8) is 0 Å². The Morgan fingerprint density at radius 2 is 0.726 bits per heavy atom. The highest BCUT2D eigenvalue weighted by atomic mass is 16.8. The number of amides is 1. The van der Waals surface area contributed by atoms with Crippen molar-refractivity contribution >= 4 is 5.91 Å². The van der Waals surface area contributed by atoms with Crippen LogP contribution in [0.15, 0.2) is 109 Å². The molecule has 0 aromatic rings. The summed E-state index contributed by atoms with van der Waals surface area (Å²) in [5.41, 5.74) is 0. The molecule has 3 fully saturated rings. The number of nitrogens with one attached hydrogen (secondary N) is 1. The highest BCUT2D eigenvalue weighted by Crippen LogP contribution is 2.33. The maximum Gasteiger partial charge on any atom is 0.220 e. The number of hydrogen-bond donors (Lipinski definition) is 12. The average Bonchev–Trinajstić information content (AvgIpc) is 0.791. The van der Waals surface area contributed by atoms with Crippen molar-refractivity contribution < 1.29 is 89.4 Å². The lowest BCUT2D eigenvalue weighted by atomic mass is 9.96. The molecule has 3 heterocycles. The van der Waals surface area contributed by atoms with Crippen molar-refractivity contribution in [2.45, 2.75) is 336 Å². The quantitative estimate of drug-likeness (QED) is 0.0199. The first-order valence-corrected chi connectivity index (χ1v) is 36.6. The fraction of sp³-hybridized carbons (Fsp3) is 0.750. The van der Waals surface area contributed by atoms with Crippen molar-refractivity contribution in [1.29, 1.82) is 0 Å². The van der Waals surface area contributed by atoms with Crippen LogP contribution in [0, 0.1) is 0 Å². The van der Waals surface area contributed by atoms with Crippen LogP contribution < -0.4 is 5.32 Å². The molecule has 0 aromatic heterocycles. The molecule has 3 aliphatic heterocycles. The molecule has 12 N–H and O–H groups in total. The summed E-state index contributed by atoms with van der Waals surface area (Å²) in [6.45, 7) is 1.66. The summed E-state index contributed by atoms with van der Waals surface area (Å²) in [7, 11) is 0. The van der Waals surface area contributed by atoms with Gasteiger partial charge in [-0.2, -0.15) is 0 Å². The number of aliphatic hydroxyl groups excluding tert-OH is 11. The van der Waals surface area contributed by atoms with Crippen molar-refractivity contribution in [2.24, 2.45) is 0 Å². The molecule has 0 bridgehead atoms. The molecule has 17 unspecified atom stereocenters. The molecule has 0 aromatic carbocycles. The molecule has 3 rings (SSSR count). The molecule has 0 aliphatic carbocycles. The zero-order valence-corrected chi connectivity index (χ0v) is 57.9. The fourth-order valence-corrected chi connectivity index (χ4v) is 11.7. The van der Waals surface area contributed by atoms with E-state index in [0.717, 1.165) is 116 Å². The van der Waals surface area contributed by atoms with Gasteiger partial charge in [0.15, 0.2) is 18.9 Å². The van der Waals surface area contributed by atoms with Crippen molar-refractivity contribution in [3.8, 4) is 0 Å². The number of hydrogen-bond acceptors (Lipinski definition) is 18. The van der Waals surface area contributed by atoms with E-state index in [9.17, 15) is 61.0 Å². The van der Waals surface area contributed by atoms with Crippen molar-refractivity contribution in [3.05, 3.63) is 109 Å². The number of ether oxygens (including phenoxy) is 6. The van der Waals surface area contributed by atoms with E-state index in [-0.39, 0.29) is 18.9 Å². The second-order valence-electron chi connectivity index (χ2n) is 25.7. The number of rotatable bonds is 55. The number of aliphatic hydroxyl groups is 11. The van der Waals surface area contributed by atoms with Crippen LogP contribution in [0.2, 0.25) is 0 Å². The van der Waals surface area contributed by atoms with E-state index < -0.39 is 124 Å². The van der Waals surface area contributed by atoms with Crippen molar-refractivity contribution in [2.75, 3.05) is 26.4 Å². The van der Waals surface area contributed by atoms with Crippen LogP contribution in [0.3, 0.4) is 0 Å². The van der Waals surface area contributed by atoms with Gasteiger partial charge in [-0.15, -0.1) is 0 Å². The third-order valence-electron chi connectivity index (χ3n) is 17.6. The standard InChI is InChI=1S/C76H129NO18/c1-3-5-7-9-11-13-15-17-18-19-20-21-22-23-24-25-26-27-28-29-30-31-32-33-34-35-36-37-38-39-40-42-44-46-48-50-52-54-64(82)77-59(60(81)53-51-49-47-45-43-41-16-14-12-10-8-6-4-2)58-90-74-70(88)67(85)72(62(56-79)92-74)95-76-71(89)68(86)73(63(57-80)93-76)94-75-69(87)66(84)65(83)61(55-78)91-75/h5,7,11,13,17-18,20-21,23-24,26-27,29-30,32-33,35-36,59-63,65-76,78-81,83-89H,3-4,6,8-10,12,14-16,19,22,25,28,31,34,37-58H2,1-2H3,(H,77,82)/b7-5-,13-11-,18-17-,21-20-,24-23-,27-26-,30-29-,33-32-,36-35-. The summed E-state index contributed by atoms with van der Waals surface area (Å²) < 4.78 is 34.4. The highest BCUT2D eigenvalue weighted by molar-refractivity contribution is 5.76. The van der Waals surface area contributed by atoms with Crippen LogP contribution in [0.5, 0.6) is 0 Å². The molecule has 546 valence electrons. The molecule has 0 radical (unpaired) electrons. The third-order valence-corrected chi connectivity index (χ3v) is 17.6. The summed E-state index contributed by atoms with van der Waals surface area (Å²) in [5, 5.41) is 121. The zero-order valence-electron chi connectivity index (χ0n) is 57.9. The van der Waals surface area contributed by atoms with Gasteiger partial charge in [0, 0.05) is 6.42 Å². The van der Waals surface area contributed by atoms with Gasteiger partial charge >= 0.3 is 0 Å².